The van der Waals surface area contributed by atoms with Crippen molar-refractivity contribution in [1.82, 2.24) is 10.2 Å². The molecule has 3 aliphatic rings. The van der Waals surface area contributed by atoms with Crippen molar-refractivity contribution < 1.29 is 4.79 Å². The highest BCUT2D eigenvalue weighted by atomic mass is 16.1. The van der Waals surface area contributed by atoms with Crippen LogP contribution in [0.25, 0.3) is 0 Å². The normalized spacial score (nSPS) is 36.4. The van der Waals surface area contributed by atoms with Crippen LogP contribution in [0.2, 0.25) is 0 Å². The summed E-state index contributed by atoms with van der Waals surface area (Å²) in [5, 5.41) is 3.27. The van der Waals surface area contributed by atoms with E-state index in [2.05, 4.69) is 10.2 Å². The monoisotopic (exact) mass is 251 g/mol. The molecule has 2 aliphatic carbocycles. The van der Waals surface area contributed by atoms with Crippen LogP contribution in [0.4, 0.5) is 0 Å². The summed E-state index contributed by atoms with van der Waals surface area (Å²) in [6.45, 7) is 3.89. The Bertz CT molecular complexity index is 302. The Morgan fingerprint density at radius 3 is 2.44 bits per heavy atom. The number of hydrogen-bond donors (Lipinski definition) is 2. The van der Waals surface area contributed by atoms with Gasteiger partial charge in [0.2, 0.25) is 5.91 Å². The summed E-state index contributed by atoms with van der Waals surface area (Å²) in [5.74, 6) is 2.45. The number of nitrogens with two attached hydrogens (primary N) is 1. The zero-order valence-electron chi connectivity index (χ0n) is 11.1. The maximum Gasteiger partial charge on any atom is 0.223 e. The quantitative estimate of drug-likeness (QED) is 0.768. The van der Waals surface area contributed by atoms with Gasteiger partial charge in [0, 0.05) is 38.1 Å². The number of carbonyl (C=O) groups excluding carboxylic acids is 1. The van der Waals surface area contributed by atoms with Gasteiger partial charge in [-0.1, -0.05) is 0 Å². The van der Waals surface area contributed by atoms with Crippen molar-refractivity contribution in [2.24, 2.45) is 23.5 Å². The Morgan fingerprint density at radius 2 is 1.83 bits per heavy atom. The molecule has 102 valence electrons. The average molecular weight is 251 g/mol. The highest BCUT2D eigenvalue weighted by Crippen LogP contribution is 2.54. The Morgan fingerprint density at radius 1 is 1.17 bits per heavy atom. The minimum Gasteiger partial charge on any atom is -0.353 e. The third kappa shape index (κ3) is 2.69. The van der Waals surface area contributed by atoms with Crippen molar-refractivity contribution >= 4 is 5.91 Å². The molecule has 3 N–H and O–H groups in total. The van der Waals surface area contributed by atoms with E-state index in [1.807, 2.05) is 0 Å². The second-order valence-corrected chi connectivity index (χ2v) is 6.34. The number of carbonyl (C=O) groups is 1. The molecule has 1 amide bonds. The van der Waals surface area contributed by atoms with E-state index in [1.54, 1.807) is 0 Å². The molecule has 0 radical (unpaired) electrons. The van der Waals surface area contributed by atoms with Gasteiger partial charge in [-0.2, -0.15) is 0 Å². The van der Waals surface area contributed by atoms with E-state index in [0.717, 1.165) is 63.7 Å². The topological polar surface area (TPSA) is 58.4 Å². The summed E-state index contributed by atoms with van der Waals surface area (Å²) >= 11 is 0. The molecule has 0 aromatic heterocycles. The highest BCUT2D eigenvalue weighted by molar-refractivity contribution is 5.79. The van der Waals surface area contributed by atoms with Crippen molar-refractivity contribution in [2.75, 3.05) is 26.2 Å². The lowest BCUT2D eigenvalue weighted by Crippen LogP contribution is -2.47. The Balaban J connectivity index is 1.39. The maximum absolute atomic E-state index is 12.1. The van der Waals surface area contributed by atoms with Crippen LogP contribution in [0.15, 0.2) is 0 Å². The smallest absolute Gasteiger partial charge is 0.223 e. The lowest BCUT2D eigenvalue weighted by molar-refractivity contribution is -0.126. The van der Waals surface area contributed by atoms with Gasteiger partial charge in [0.15, 0.2) is 0 Å². The standard InChI is InChI=1S/C14H25N3O/c15-3-6-17-4-1-13(2-5-17)16-14(18)12-8-10-7-11(10)9-12/h10-13H,1-9,15H2,(H,16,18). The van der Waals surface area contributed by atoms with Crippen LogP contribution < -0.4 is 11.1 Å². The third-order valence-electron chi connectivity index (χ3n) is 4.99. The van der Waals surface area contributed by atoms with Crippen molar-refractivity contribution in [3.05, 3.63) is 0 Å². The predicted molar refractivity (Wildman–Crippen MR) is 71.0 cm³/mol. The molecule has 3 fully saturated rings. The lowest BCUT2D eigenvalue weighted by Gasteiger charge is -2.32. The summed E-state index contributed by atoms with van der Waals surface area (Å²) in [7, 11) is 0. The minimum atomic E-state index is 0.329. The Labute approximate surface area is 109 Å². The molecule has 0 aromatic carbocycles. The molecule has 18 heavy (non-hydrogen) atoms. The number of fused-ring (bicyclic) bond motifs is 1. The lowest BCUT2D eigenvalue weighted by atomic mass is 10.00. The SMILES string of the molecule is NCCN1CCC(NC(=O)C2CC3CC3C2)CC1. The van der Waals surface area contributed by atoms with Crippen LogP contribution in [-0.2, 0) is 4.79 Å². The largest absolute Gasteiger partial charge is 0.353 e. The summed E-state index contributed by atoms with van der Waals surface area (Å²) in [4.78, 5) is 14.5. The molecule has 4 heteroatoms. The number of amides is 1. The van der Waals surface area contributed by atoms with Gasteiger partial charge in [0.1, 0.15) is 0 Å². The highest BCUT2D eigenvalue weighted by Gasteiger charge is 2.48. The van der Waals surface area contributed by atoms with Crippen LogP contribution >= 0.6 is 0 Å². The number of nitrogens with one attached hydrogen (secondary N) is 1. The van der Waals surface area contributed by atoms with E-state index in [4.69, 9.17) is 5.73 Å². The fourth-order valence-corrected chi connectivity index (χ4v) is 3.73. The molecule has 3 rings (SSSR count). The van der Waals surface area contributed by atoms with Gasteiger partial charge in [0.25, 0.3) is 0 Å². The van der Waals surface area contributed by atoms with E-state index >= 15 is 0 Å². The van der Waals surface area contributed by atoms with Gasteiger partial charge in [-0.25, -0.2) is 0 Å². The molecule has 0 bridgehead atoms. The summed E-state index contributed by atoms with van der Waals surface area (Å²) < 4.78 is 0. The van der Waals surface area contributed by atoms with Crippen LogP contribution in [-0.4, -0.2) is 43.0 Å². The van der Waals surface area contributed by atoms with E-state index in [1.165, 1.54) is 6.42 Å². The average Bonchev–Trinajstić information content (AvgIpc) is 2.99. The van der Waals surface area contributed by atoms with Crippen molar-refractivity contribution in [1.29, 1.82) is 0 Å². The Kier molecular flexibility index (Phi) is 3.57. The molecular formula is C14H25N3O. The van der Waals surface area contributed by atoms with E-state index in [0.29, 0.717) is 17.9 Å². The molecule has 0 aromatic rings. The van der Waals surface area contributed by atoms with Gasteiger partial charge < -0.3 is 16.0 Å². The molecule has 2 saturated carbocycles. The van der Waals surface area contributed by atoms with Gasteiger partial charge in [-0.05, 0) is 43.9 Å². The first-order valence-corrected chi connectivity index (χ1v) is 7.49. The van der Waals surface area contributed by atoms with Gasteiger partial charge in [-0.3, -0.25) is 4.79 Å². The van der Waals surface area contributed by atoms with Crippen molar-refractivity contribution in [3.8, 4) is 0 Å². The van der Waals surface area contributed by atoms with Crippen LogP contribution in [0, 0.1) is 17.8 Å². The van der Waals surface area contributed by atoms with Crippen LogP contribution in [0.1, 0.15) is 32.1 Å². The van der Waals surface area contributed by atoms with Gasteiger partial charge in [-0.15, -0.1) is 0 Å². The molecule has 1 heterocycles. The van der Waals surface area contributed by atoms with Gasteiger partial charge in [0.05, 0.1) is 0 Å². The molecule has 1 aliphatic heterocycles. The maximum atomic E-state index is 12.1. The second-order valence-electron chi connectivity index (χ2n) is 6.34. The first-order valence-electron chi connectivity index (χ1n) is 7.49. The summed E-state index contributed by atoms with van der Waals surface area (Å²) in [6, 6.07) is 0.406. The van der Waals surface area contributed by atoms with E-state index in [-0.39, 0.29) is 0 Å². The molecule has 1 saturated heterocycles. The summed E-state index contributed by atoms with van der Waals surface area (Å²) in [5.41, 5.74) is 5.56. The number of hydrogen-bond acceptors (Lipinski definition) is 3. The zero-order valence-corrected chi connectivity index (χ0v) is 11.1. The first-order chi connectivity index (χ1) is 8.76. The number of rotatable bonds is 4. The van der Waals surface area contributed by atoms with E-state index in [9.17, 15) is 4.79 Å². The fourth-order valence-electron chi connectivity index (χ4n) is 3.73. The molecule has 2 atom stereocenters. The number of piperidine rings is 1. The molecular weight excluding hydrogens is 226 g/mol. The number of nitrogens with zero attached hydrogens (tertiary/aromatic N) is 1. The van der Waals surface area contributed by atoms with Crippen molar-refractivity contribution in [2.45, 2.75) is 38.1 Å². The molecule has 2 unspecified atom stereocenters. The first kappa shape index (κ1) is 12.4. The van der Waals surface area contributed by atoms with E-state index < -0.39 is 0 Å². The second kappa shape index (κ2) is 5.17. The van der Waals surface area contributed by atoms with Crippen molar-refractivity contribution in [3.63, 3.8) is 0 Å². The fraction of sp³-hybridized carbons (Fsp3) is 0.929. The Hall–Kier alpha value is -0.610. The number of likely N-dealkylation sites (tertiary alicyclic amines) is 1. The molecule has 4 nitrogen and oxygen atoms in total. The zero-order chi connectivity index (χ0) is 12.5. The van der Waals surface area contributed by atoms with Gasteiger partial charge >= 0.3 is 0 Å². The predicted octanol–water partition coefficient (Wildman–Crippen LogP) is 0.572. The molecule has 0 spiro atoms. The third-order valence-corrected chi connectivity index (χ3v) is 4.99. The van der Waals surface area contributed by atoms with Crippen LogP contribution in [0.3, 0.4) is 0 Å². The minimum absolute atomic E-state index is 0.329. The van der Waals surface area contributed by atoms with Crippen LogP contribution in [0.5, 0.6) is 0 Å². The summed E-state index contributed by atoms with van der Waals surface area (Å²) in [6.07, 6.45) is 5.88.